The summed E-state index contributed by atoms with van der Waals surface area (Å²) < 4.78 is 10.3. The van der Waals surface area contributed by atoms with Gasteiger partial charge in [0.25, 0.3) is 5.91 Å². The molecule has 0 spiro atoms. The molecule has 0 aromatic heterocycles. The number of rotatable bonds is 4. The molecule has 1 amide bonds. The number of amides is 1. The van der Waals surface area contributed by atoms with Gasteiger partial charge in [0.1, 0.15) is 12.4 Å². The van der Waals surface area contributed by atoms with Crippen molar-refractivity contribution < 1.29 is 19.1 Å². The number of hydrogen-bond acceptors (Lipinski definition) is 4. The van der Waals surface area contributed by atoms with Crippen LogP contribution < -0.4 is 10.1 Å². The first kappa shape index (κ1) is 14.1. The lowest BCUT2D eigenvalue weighted by Crippen LogP contribution is -2.20. The van der Waals surface area contributed by atoms with E-state index in [0.717, 1.165) is 11.1 Å². The number of carbonyl (C=O) groups excluding carboxylic acids is 2. The second-order valence-corrected chi connectivity index (χ2v) is 5.10. The van der Waals surface area contributed by atoms with Crippen LogP contribution >= 0.6 is 0 Å². The summed E-state index contributed by atoms with van der Waals surface area (Å²) in [7, 11) is 0. The fourth-order valence-corrected chi connectivity index (χ4v) is 2.19. The van der Waals surface area contributed by atoms with Crippen molar-refractivity contribution in [2.24, 2.45) is 0 Å². The number of benzene rings is 2. The molecule has 0 fully saturated rings. The minimum absolute atomic E-state index is 0.0738. The number of nitrogens with one attached hydrogen (secondary N) is 1. The summed E-state index contributed by atoms with van der Waals surface area (Å²) >= 11 is 0. The highest BCUT2D eigenvalue weighted by atomic mass is 16.5. The van der Waals surface area contributed by atoms with Crippen molar-refractivity contribution in [1.82, 2.24) is 0 Å². The molecule has 5 heteroatoms. The lowest BCUT2D eigenvalue weighted by molar-refractivity contribution is -0.118. The number of carbonyl (C=O) groups is 2. The molecule has 1 aliphatic heterocycles. The summed E-state index contributed by atoms with van der Waals surface area (Å²) in [4.78, 5) is 23.2. The van der Waals surface area contributed by atoms with Crippen LogP contribution in [0.25, 0.3) is 0 Å². The lowest BCUT2D eigenvalue weighted by Gasteiger charge is -2.08. The molecule has 0 aliphatic carbocycles. The largest absolute Gasteiger partial charge is 0.484 e. The van der Waals surface area contributed by atoms with Crippen LogP contribution in [0.2, 0.25) is 0 Å². The van der Waals surface area contributed by atoms with Gasteiger partial charge in [-0.1, -0.05) is 17.7 Å². The first-order valence-electron chi connectivity index (χ1n) is 6.91. The minimum atomic E-state index is -0.324. The number of ether oxygens (including phenoxy) is 2. The molecule has 0 saturated heterocycles. The van der Waals surface area contributed by atoms with E-state index in [-0.39, 0.29) is 25.1 Å². The average Bonchev–Trinajstić information content (AvgIpc) is 2.88. The Morgan fingerprint density at radius 1 is 1.23 bits per heavy atom. The topological polar surface area (TPSA) is 64.6 Å². The Morgan fingerprint density at radius 3 is 2.77 bits per heavy atom. The van der Waals surface area contributed by atoms with E-state index in [0.29, 0.717) is 17.0 Å². The van der Waals surface area contributed by atoms with E-state index < -0.39 is 0 Å². The molecule has 1 heterocycles. The molecule has 5 nitrogen and oxygen atoms in total. The first-order chi connectivity index (χ1) is 10.6. The van der Waals surface area contributed by atoms with E-state index in [1.54, 1.807) is 18.2 Å². The Morgan fingerprint density at radius 2 is 2.00 bits per heavy atom. The monoisotopic (exact) mass is 297 g/mol. The smallest absolute Gasteiger partial charge is 0.338 e. The molecule has 1 aliphatic rings. The van der Waals surface area contributed by atoms with Gasteiger partial charge in [0.05, 0.1) is 5.56 Å². The summed E-state index contributed by atoms with van der Waals surface area (Å²) in [5.41, 5.74) is 3.08. The quantitative estimate of drug-likeness (QED) is 0.881. The molecule has 0 radical (unpaired) electrons. The number of anilines is 1. The van der Waals surface area contributed by atoms with Crippen LogP contribution in [0.3, 0.4) is 0 Å². The standard InChI is InChI=1S/C17H15NO4/c1-11-2-5-14(6-3-11)21-10-16(19)18-13-4-7-15-12(8-13)9-22-17(15)20/h2-8H,9-10H2,1H3,(H,18,19). The zero-order valence-electron chi connectivity index (χ0n) is 12.1. The Bertz CT molecular complexity index is 722. The second-order valence-electron chi connectivity index (χ2n) is 5.10. The van der Waals surface area contributed by atoms with Crippen molar-refractivity contribution in [1.29, 1.82) is 0 Å². The Kier molecular flexibility index (Phi) is 3.78. The fraction of sp³-hybridized carbons (Fsp3) is 0.176. The van der Waals surface area contributed by atoms with Gasteiger partial charge in [-0.3, -0.25) is 4.79 Å². The molecule has 2 aromatic rings. The molecular weight excluding hydrogens is 282 g/mol. The molecular formula is C17H15NO4. The Balaban J connectivity index is 1.58. The molecule has 0 saturated carbocycles. The van der Waals surface area contributed by atoms with Gasteiger partial charge in [-0.15, -0.1) is 0 Å². The minimum Gasteiger partial charge on any atom is -0.484 e. The van der Waals surface area contributed by atoms with Gasteiger partial charge in [-0.25, -0.2) is 4.79 Å². The van der Waals surface area contributed by atoms with Crippen LogP contribution in [-0.4, -0.2) is 18.5 Å². The molecule has 22 heavy (non-hydrogen) atoms. The fourth-order valence-electron chi connectivity index (χ4n) is 2.19. The highest BCUT2D eigenvalue weighted by Crippen LogP contribution is 2.23. The van der Waals surface area contributed by atoms with Crippen molar-refractivity contribution in [2.75, 3.05) is 11.9 Å². The van der Waals surface area contributed by atoms with E-state index in [9.17, 15) is 9.59 Å². The van der Waals surface area contributed by atoms with Crippen molar-refractivity contribution in [3.8, 4) is 5.75 Å². The summed E-state index contributed by atoms with van der Waals surface area (Å²) in [5.74, 6) is 0.0649. The van der Waals surface area contributed by atoms with Gasteiger partial charge in [0, 0.05) is 11.3 Å². The van der Waals surface area contributed by atoms with Gasteiger partial charge in [-0.05, 0) is 37.3 Å². The third kappa shape index (κ3) is 3.09. The highest BCUT2D eigenvalue weighted by Gasteiger charge is 2.21. The predicted octanol–water partition coefficient (Wildman–Crippen LogP) is 2.68. The summed E-state index contributed by atoms with van der Waals surface area (Å²) in [6.07, 6.45) is 0. The predicted molar refractivity (Wildman–Crippen MR) is 80.9 cm³/mol. The maximum atomic E-state index is 11.9. The molecule has 3 rings (SSSR count). The zero-order valence-corrected chi connectivity index (χ0v) is 12.1. The van der Waals surface area contributed by atoms with Crippen molar-refractivity contribution in [3.05, 3.63) is 59.2 Å². The van der Waals surface area contributed by atoms with Crippen LogP contribution in [0.5, 0.6) is 5.75 Å². The molecule has 0 unspecified atom stereocenters. The zero-order chi connectivity index (χ0) is 15.5. The molecule has 0 atom stereocenters. The molecule has 112 valence electrons. The van der Waals surface area contributed by atoms with Gasteiger partial charge in [0.15, 0.2) is 6.61 Å². The second kappa shape index (κ2) is 5.89. The average molecular weight is 297 g/mol. The van der Waals surface area contributed by atoms with Crippen LogP contribution in [0.1, 0.15) is 21.5 Å². The number of fused-ring (bicyclic) bond motifs is 1. The molecule has 0 bridgehead atoms. The van der Waals surface area contributed by atoms with Crippen molar-refractivity contribution in [3.63, 3.8) is 0 Å². The Hall–Kier alpha value is -2.82. The summed E-state index contributed by atoms with van der Waals surface area (Å²) in [5, 5.41) is 2.74. The summed E-state index contributed by atoms with van der Waals surface area (Å²) in [6, 6.07) is 12.6. The van der Waals surface area contributed by atoms with E-state index in [1.807, 2.05) is 31.2 Å². The SMILES string of the molecule is Cc1ccc(OCC(=O)Nc2ccc3c(c2)COC3=O)cc1. The first-order valence-corrected chi connectivity index (χ1v) is 6.91. The third-order valence-electron chi connectivity index (χ3n) is 3.36. The molecule has 1 N–H and O–H groups in total. The van der Waals surface area contributed by atoms with Gasteiger partial charge >= 0.3 is 5.97 Å². The van der Waals surface area contributed by atoms with Gasteiger partial charge in [0.2, 0.25) is 0 Å². The van der Waals surface area contributed by atoms with E-state index in [4.69, 9.17) is 9.47 Å². The van der Waals surface area contributed by atoms with Gasteiger partial charge < -0.3 is 14.8 Å². The van der Waals surface area contributed by atoms with Crippen LogP contribution in [0.4, 0.5) is 5.69 Å². The highest BCUT2D eigenvalue weighted by molar-refractivity contribution is 5.96. The normalized spacial score (nSPS) is 12.5. The van der Waals surface area contributed by atoms with Gasteiger partial charge in [-0.2, -0.15) is 0 Å². The Labute approximate surface area is 127 Å². The maximum Gasteiger partial charge on any atom is 0.338 e. The van der Waals surface area contributed by atoms with Crippen LogP contribution in [-0.2, 0) is 16.1 Å². The number of aryl methyl sites for hydroxylation is 1. The van der Waals surface area contributed by atoms with Crippen LogP contribution in [0.15, 0.2) is 42.5 Å². The number of hydrogen-bond donors (Lipinski definition) is 1. The maximum absolute atomic E-state index is 11.9. The van der Waals surface area contributed by atoms with Crippen LogP contribution in [0, 0.1) is 6.92 Å². The van der Waals surface area contributed by atoms with E-state index in [2.05, 4.69) is 5.32 Å². The summed E-state index contributed by atoms with van der Waals surface area (Å²) in [6.45, 7) is 2.16. The number of esters is 1. The third-order valence-corrected chi connectivity index (χ3v) is 3.36. The van der Waals surface area contributed by atoms with E-state index >= 15 is 0 Å². The van der Waals surface area contributed by atoms with E-state index in [1.165, 1.54) is 0 Å². The number of cyclic esters (lactones) is 1. The van der Waals surface area contributed by atoms with Crippen molar-refractivity contribution in [2.45, 2.75) is 13.5 Å². The molecule has 2 aromatic carbocycles. The van der Waals surface area contributed by atoms with Crippen molar-refractivity contribution >= 4 is 17.6 Å². The lowest BCUT2D eigenvalue weighted by atomic mass is 10.1.